The summed E-state index contributed by atoms with van der Waals surface area (Å²) in [7, 11) is -9.71. The van der Waals surface area contributed by atoms with Crippen LogP contribution in [-0.2, 0) is 20.2 Å². The minimum absolute atomic E-state index is 0. The Morgan fingerprint density at radius 2 is 0.635 bits per heavy atom. The van der Waals surface area contributed by atoms with E-state index in [0.717, 1.165) is 44.3 Å². The number of fused-ring (bicyclic) bond motifs is 2. The second kappa shape index (κ2) is 23.3. The van der Waals surface area contributed by atoms with Crippen LogP contribution >= 0.6 is 0 Å². The van der Waals surface area contributed by atoms with Crippen LogP contribution < -0.4 is 31.9 Å². The van der Waals surface area contributed by atoms with E-state index in [1.807, 2.05) is 146 Å². The first-order valence-electron chi connectivity index (χ1n) is 22.2. The molecule has 20 heteroatoms. The van der Waals surface area contributed by atoms with E-state index in [9.17, 15) is 25.9 Å². The third-order valence-corrected chi connectivity index (χ3v) is 12.9. The van der Waals surface area contributed by atoms with Gasteiger partial charge in [-0.2, -0.15) is 36.8 Å². The van der Waals surface area contributed by atoms with Crippen LogP contribution in [0.25, 0.3) is 33.7 Å². The quantitative estimate of drug-likeness (QED) is 0.0255. The zero-order chi connectivity index (χ0) is 49.7. The number of nitrogens with one attached hydrogen (secondary N) is 6. The number of hydrogen-bond acceptors (Lipinski definition) is 14. The van der Waals surface area contributed by atoms with Gasteiger partial charge in [0.2, 0.25) is 11.9 Å². The van der Waals surface area contributed by atoms with E-state index in [4.69, 9.17) is 0 Å². The normalized spacial score (nSPS) is 11.3. The Kier molecular flexibility index (Phi) is 16.7. The fraction of sp³-hybridized carbons (Fsp3) is 0. The van der Waals surface area contributed by atoms with Crippen LogP contribution in [-0.4, -0.2) is 105 Å². The van der Waals surface area contributed by atoms with Gasteiger partial charge in [0, 0.05) is 105 Å². The molecule has 2 heterocycles. The molecule has 0 spiro atoms. The summed E-state index contributed by atoms with van der Waals surface area (Å²) in [5.74, 6) is 1.89. The molecule has 0 aliphatic heterocycles. The van der Waals surface area contributed by atoms with Gasteiger partial charge < -0.3 is 31.9 Å². The zero-order valence-electron chi connectivity index (χ0n) is 39.8. The van der Waals surface area contributed by atoms with Crippen LogP contribution in [0.3, 0.4) is 0 Å². The van der Waals surface area contributed by atoms with Crippen molar-refractivity contribution in [2.24, 2.45) is 0 Å². The Labute approximate surface area is 470 Å². The average Bonchev–Trinajstić information content (AvgIpc) is 3.36. The van der Waals surface area contributed by atoms with Gasteiger partial charge in [0.1, 0.15) is 33.1 Å². The molecule has 0 fully saturated rings. The molecule has 74 heavy (non-hydrogen) atoms. The van der Waals surface area contributed by atoms with E-state index in [2.05, 4.69) is 51.8 Å². The summed E-state index contributed by atoms with van der Waals surface area (Å²) in [5.41, 5.74) is 3.54. The fourth-order valence-corrected chi connectivity index (χ4v) is 9.23. The van der Waals surface area contributed by atoms with Crippen LogP contribution in [0.1, 0.15) is 11.1 Å². The van der Waals surface area contributed by atoms with Crippen LogP contribution in [0, 0.1) is 0 Å². The van der Waals surface area contributed by atoms with E-state index in [1.54, 1.807) is 24.3 Å². The molecule has 10 aromatic rings. The predicted molar refractivity (Wildman–Crippen MR) is 297 cm³/mol. The summed E-state index contributed by atoms with van der Waals surface area (Å²) in [6.07, 6.45) is 2.64. The fourth-order valence-electron chi connectivity index (χ4n) is 7.82. The van der Waals surface area contributed by atoms with Crippen molar-refractivity contribution in [1.29, 1.82) is 0 Å². The first kappa shape index (κ1) is 53.1. The van der Waals surface area contributed by atoms with Crippen molar-refractivity contribution in [1.82, 2.24) is 19.9 Å². The molecule has 0 amide bonds. The first-order valence-corrected chi connectivity index (χ1v) is 25.1. The topological polar surface area (TPSA) is 232 Å². The van der Waals surface area contributed by atoms with Crippen molar-refractivity contribution in [3.05, 3.63) is 205 Å². The second-order valence-corrected chi connectivity index (χ2v) is 19.1. The Balaban J connectivity index is 0.00000364. The molecule has 0 aliphatic carbocycles. The summed E-state index contributed by atoms with van der Waals surface area (Å²) in [4.78, 5) is 17.7. The maximum atomic E-state index is 12.9. The molecule has 0 unspecified atom stereocenters. The second-order valence-electron chi connectivity index (χ2n) is 16.3. The Morgan fingerprint density at radius 3 is 1.00 bits per heavy atom. The molecule has 0 saturated heterocycles. The van der Waals surface area contributed by atoms with Crippen LogP contribution in [0.15, 0.2) is 204 Å². The van der Waals surface area contributed by atoms with Gasteiger partial charge >= 0.3 is 0 Å². The number of rotatable bonds is 16. The molecule has 8 N–H and O–H groups in total. The zero-order valence-corrected chi connectivity index (χ0v) is 45.4. The molecule has 2 aromatic heterocycles. The smallest absolute Gasteiger partial charge is 0.295 e. The van der Waals surface area contributed by atoms with Gasteiger partial charge in [-0.3, -0.25) is 9.11 Å². The maximum absolute atomic E-state index is 12.9. The Hall–Kier alpha value is -7.20. The van der Waals surface area contributed by atoms with Crippen molar-refractivity contribution >= 4 is 182 Å². The van der Waals surface area contributed by atoms with Gasteiger partial charge in [0.25, 0.3) is 20.2 Å². The minimum atomic E-state index is -4.85. The van der Waals surface area contributed by atoms with Crippen molar-refractivity contribution in [3.63, 3.8) is 0 Å². The SMILES string of the molecule is O=S(=O)(O)c1cc(Nc2cc(Nc3ccccc3)nc(Nc3ccc4ccccc4c3)n2)ccc1C=Cc1ccc(Nc2cc(Nc3ccccc3)nc(Nc3ccc4ccccc4c3)n2)cc1S(=O)(=O)O.[Na].[Na]. The molecule has 16 nitrogen and oxygen atoms in total. The molecular weight excluding hydrogens is 995 g/mol. The summed E-state index contributed by atoms with van der Waals surface area (Å²) >= 11 is 0. The number of aromatic nitrogens is 4. The van der Waals surface area contributed by atoms with Crippen molar-refractivity contribution in [3.8, 4) is 0 Å². The van der Waals surface area contributed by atoms with E-state index < -0.39 is 30.0 Å². The Bertz CT molecular complexity index is 3660. The summed E-state index contributed by atoms with van der Waals surface area (Å²) in [6.45, 7) is 0. The summed E-state index contributed by atoms with van der Waals surface area (Å²) in [6, 6.07) is 58.1. The molecule has 0 bridgehead atoms. The van der Waals surface area contributed by atoms with E-state index in [1.165, 1.54) is 36.4 Å². The number of hydrogen-bond donors (Lipinski definition) is 8. The van der Waals surface area contributed by atoms with Crippen LogP contribution in [0.2, 0.25) is 0 Å². The minimum Gasteiger partial charge on any atom is -0.340 e. The third kappa shape index (κ3) is 13.5. The van der Waals surface area contributed by atoms with Gasteiger partial charge in [-0.1, -0.05) is 121 Å². The predicted octanol–water partition coefficient (Wildman–Crippen LogP) is 11.9. The molecule has 0 aliphatic rings. The van der Waals surface area contributed by atoms with Gasteiger partial charge in [0.05, 0.1) is 0 Å². The first-order chi connectivity index (χ1) is 34.8. The summed E-state index contributed by atoms with van der Waals surface area (Å²) < 4.78 is 72.6. The maximum Gasteiger partial charge on any atom is 0.295 e. The molecule has 358 valence electrons. The molecular formula is C54H42N10Na2O6S2. The van der Waals surface area contributed by atoms with E-state index in [-0.39, 0.29) is 105 Å². The summed E-state index contributed by atoms with van der Waals surface area (Å²) in [5, 5.41) is 23.5. The molecule has 0 atom stereocenters. The van der Waals surface area contributed by atoms with E-state index >= 15 is 0 Å². The monoisotopic (exact) mass is 1040 g/mol. The number of para-hydroxylation sites is 2. The molecule has 2 radical (unpaired) electrons. The third-order valence-electron chi connectivity index (χ3n) is 11.1. The largest absolute Gasteiger partial charge is 0.340 e. The molecule has 0 saturated carbocycles. The van der Waals surface area contributed by atoms with Crippen molar-refractivity contribution in [2.75, 3.05) is 31.9 Å². The molecule has 10 rings (SSSR count). The van der Waals surface area contributed by atoms with Crippen molar-refractivity contribution in [2.45, 2.75) is 9.79 Å². The van der Waals surface area contributed by atoms with Gasteiger partial charge in [-0.05, 0) is 105 Å². The van der Waals surface area contributed by atoms with Gasteiger partial charge in [-0.15, -0.1) is 0 Å². The van der Waals surface area contributed by atoms with Gasteiger partial charge in [0.15, 0.2) is 0 Å². The Morgan fingerprint density at radius 1 is 0.324 bits per heavy atom. The van der Waals surface area contributed by atoms with Crippen molar-refractivity contribution < 1.29 is 25.9 Å². The van der Waals surface area contributed by atoms with Crippen LogP contribution in [0.5, 0.6) is 0 Å². The average molecular weight is 1040 g/mol. The standard InChI is InChI=1S/C54H42N10O6S2.2Na/c65-71(66,67)47-31-45(57-51-33-49(55-41-15-3-1-4-16-41)61-53(63-51)59-43-25-21-35-11-7-9-13-39(35)29-43)27-23-37(47)19-20-38-24-28-46(32-48(38)72(68,69)70)58-52-34-50(56-42-17-5-2-6-18-42)62-54(64-52)60-44-26-22-36-12-8-10-14-40(36)30-44;;/h1-34H,(H,65,66,67)(H,68,69,70)(H3,55,57,59,61,63)(H3,56,58,60,62,64);;. The number of nitrogens with zero attached hydrogens (tertiary/aromatic N) is 4. The number of benzene rings is 8. The van der Waals surface area contributed by atoms with Crippen LogP contribution in [0.4, 0.5) is 69.3 Å². The number of anilines is 12. The van der Waals surface area contributed by atoms with Gasteiger partial charge in [-0.25, -0.2) is 0 Å². The molecule has 8 aromatic carbocycles. The van der Waals surface area contributed by atoms with E-state index in [0.29, 0.717) is 11.6 Å².